The summed E-state index contributed by atoms with van der Waals surface area (Å²) in [5.41, 5.74) is 0. The van der Waals surface area contributed by atoms with Crippen LogP contribution in [0.5, 0.6) is 0 Å². The third kappa shape index (κ3) is 11.4. The summed E-state index contributed by atoms with van der Waals surface area (Å²) < 4.78 is 4.17. The summed E-state index contributed by atoms with van der Waals surface area (Å²) in [7, 11) is 1.59. The second-order valence-corrected chi connectivity index (χ2v) is 0.707. The first-order chi connectivity index (χ1) is 1.41. The summed E-state index contributed by atoms with van der Waals surface area (Å²) in [6, 6.07) is 0. The monoisotopic (exact) mass is 65.0 g/mol. The largest absolute Gasteiger partial charge is 0.518 e. The van der Waals surface area contributed by atoms with Crippen LogP contribution in [0.2, 0.25) is 0 Å². The molecular weight excluding hydrogens is 61.9 g/mol. The Balaban J connectivity index is 0. The smallest absolute Gasteiger partial charge is 0.368 e. The van der Waals surface area contributed by atoms with Crippen LogP contribution in [0.15, 0.2) is 0 Å². The fourth-order valence-corrected chi connectivity index (χ4v) is 0. The summed E-state index contributed by atoms with van der Waals surface area (Å²) in [4.78, 5) is 0. The van der Waals surface area contributed by atoms with Gasteiger partial charge >= 0.3 is 16.6 Å². The summed E-state index contributed by atoms with van der Waals surface area (Å²) >= 11 is 2.08. The zero-order valence-corrected chi connectivity index (χ0v) is 4.14. The van der Waals surface area contributed by atoms with E-state index in [2.05, 4.69) is 20.4 Å². The molecule has 0 aromatic carbocycles. The predicted molar refractivity (Wildman–Crippen MR) is 18.5 cm³/mol. The van der Waals surface area contributed by atoms with E-state index in [0.29, 0.717) is 0 Å². The number of rotatable bonds is 0. The maximum absolute atomic E-state index is 4.17. The van der Waals surface area contributed by atoms with Crippen molar-refractivity contribution in [3.8, 4) is 0 Å². The normalized spacial score (nSPS) is 4.25. The fraction of sp³-hybridized carbons (Fsp3) is 1.00. The minimum Gasteiger partial charge on any atom is -0.518 e. The third-order valence-electron chi connectivity index (χ3n) is 0. The molecule has 0 aliphatic carbocycles. The van der Waals surface area contributed by atoms with Crippen LogP contribution in [-0.2, 0) is 3.79 Å². The molecule has 0 amide bonds. The van der Waals surface area contributed by atoms with Crippen molar-refractivity contribution in [2.75, 3.05) is 7.11 Å². The SMILES string of the molecule is C[O][Al].[Li]. The molecule has 0 rings (SSSR count). The van der Waals surface area contributed by atoms with E-state index in [-0.39, 0.29) is 18.9 Å². The summed E-state index contributed by atoms with van der Waals surface area (Å²) in [6.45, 7) is 0. The molecule has 0 N–H and O–H groups in total. The van der Waals surface area contributed by atoms with Crippen molar-refractivity contribution in [2.24, 2.45) is 0 Å². The molecule has 3 radical (unpaired) electrons. The second kappa shape index (κ2) is 8.94. The van der Waals surface area contributed by atoms with Gasteiger partial charge in [0.2, 0.25) is 0 Å². The summed E-state index contributed by atoms with van der Waals surface area (Å²) in [5, 5.41) is 0. The molecule has 1 nitrogen and oxygen atoms in total. The van der Waals surface area contributed by atoms with Gasteiger partial charge in [0.1, 0.15) is 0 Å². The van der Waals surface area contributed by atoms with Crippen molar-refractivity contribution in [1.29, 1.82) is 0 Å². The molecule has 3 heteroatoms. The van der Waals surface area contributed by atoms with Gasteiger partial charge in [-0.2, -0.15) is 0 Å². The third-order valence-corrected chi connectivity index (χ3v) is 0. The molecule has 0 saturated carbocycles. The number of hydrogen-bond donors (Lipinski definition) is 0. The van der Waals surface area contributed by atoms with Gasteiger partial charge in [0, 0.05) is 26.0 Å². The van der Waals surface area contributed by atoms with Gasteiger partial charge in [-0.3, -0.25) is 0 Å². The van der Waals surface area contributed by atoms with Gasteiger partial charge in [-0.1, -0.05) is 0 Å². The first-order valence-electron chi connectivity index (χ1n) is 0.644. The fourth-order valence-electron chi connectivity index (χ4n) is 0. The van der Waals surface area contributed by atoms with Crippen molar-refractivity contribution in [2.45, 2.75) is 0 Å². The topological polar surface area (TPSA) is 9.23 Å². The second-order valence-electron chi connectivity index (χ2n) is 0.236. The Hall–Kier alpha value is 1.09. The van der Waals surface area contributed by atoms with Crippen molar-refractivity contribution in [1.82, 2.24) is 0 Å². The van der Waals surface area contributed by atoms with E-state index in [4.69, 9.17) is 0 Å². The van der Waals surface area contributed by atoms with E-state index in [1.54, 1.807) is 7.11 Å². The van der Waals surface area contributed by atoms with Gasteiger partial charge in [0.15, 0.2) is 0 Å². The quantitative estimate of drug-likeness (QED) is 0.340. The standard InChI is InChI=1S/CH3O.Al.Li/c1-2;;/h1H3;;/q-1;+1;. The maximum atomic E-state index is 4.17. The maximum Gasteiger partial charge on any atom is 0.368 e. The van der Waals surface area contributed by atoms with Crippen LogP contribution in [-0.4, -0.2) is 42.6 Å². The van der Waals surface area contributed by atoms with Crippen molar-refractivity contribution >= 4 is 35.5 Å². The minimum atomic E-state index is 0. The first kappa shape index (κ1) is 8.92. The van der Waals surface area contributed by atoms with Crippen LogP contribution in [0.25, 0.3) is 0 Å². The van der Waals surface area contributed by atoms with Crippen molar-refractivity contribution < 1.29 is 3.79 Å². The minimum absolute atomic E-state index is 0. The first-order valence-corrected chi connectivity index (χ1v) is 1.12. The zero-order chi connectivity index (χ0) is 2.71. The number of hydrogen-bond acceptors (Lipinski definition) is 1. The van der Waals surface area contributed by atoms with Gasteiger partial charge in [0.05, 0.1) is 0 Å². The van der Waals surface area contributed by atoms with E-state index in [1.165, 1.54) is 0 Å². The Labute approximate surface area is 46.6 Å². The molecule has 0 unspecified atom stereocenters. The van der Waals surface area contributed by atoms with Crippen LogP contribution in [0.1, 0.15) is 0 Å². The molecule has 0 spiro atoms. The summed E-state index contributed by atoms with van der Waals surface area (Å²) in [6.07, 6.45) is 0. The molecular formula is CH3AlLiO. The zero-order valence-electron chi connectivity index (χ0n) is 2.99. The van der Waals surface area contributed by atoms with Crippen LogP contribution >= 0.6 is 0 Å². The van der Waals surface area contributed by atoms with Gasteiger partial charge < -0.3 is 3.79 Å². The van der Waals surface area contributed by atoms with Crippen LogP contribution in [0.4, 0.5) is 0 Å². The Kier molecular flexibility index (Phi) is 19.9. The predicted octanol–water partition coefficient (Wildman–Crippen LogP) is -0.665. The molecule has 0 aromatic heterocycles. The van der Waals surface area contributed by atoms with E-state index >= 15 is 0 Å². The van der Waals surface area contributed by atoms with Crippen LogP contribution < -0.4 is 0 Å². The molecule has 17 valence electrons. The van der Waals surface area contributed by atoms with Crippen molar-refractivity contribution in [3.63, 3.8) is 0 Å². The molecule has 0 aromatic rings. The Bertz CT molecular complexity index is 8.00. The summed E-state index contributed by atoms with van der Waals surface area (Å²) in [5.74, 6) is 0. The van der Waals surface area contributed by atoms with Crippen LogP contribution in [0, 0.1) is 0 Å². The molecule has 0 aliphatic heterocycles. The molecule has 0 atom stereocenters. The molecule has 0 fully saturated rings. The Morgan fingerprint density at radius 1 is 1.75 bits per heavy atom. The van der Waals surface area contributed by atoms with Crippen molar-refractivity contribution in [3.05, 3.63) is 0 Å². The molecule has 4 heavy (non-hydrogen) atoms. The van der Waals surface area contributed by atoms with E-state index in [9.17, 15) is 0 Å². The van der Waals surface area contributed by atoms with E-state index in [1.807, 2.05) is 0 Å². The van der Waals surface area contributed by atoms with E-state index < -0.39 is 0 Å². The van der Waals surface area contributed by atoms with Gasteiger partial charge in [-0.15, -0.1) is 0 Å². The average molecular weight is 65.0 g/mol. The Morgan fingerprint density at radius 2 is 1.75 bits per heavy atom. The van der Waals surface area contributed by atoms with Gasteiger partial charge in [-0.05, 0) is 0 Å². The Morgan fingerprint density at radius 3 is 1.75 bits per heavy atom. The molecule has 0 heterocycles. The van der Waals surface area contributed by atoms with Gasteiger partial charge in [0.25, 0.3) is 0 Å². The molecule has 0 bridgehead atoms. The average Bonchev–Trinajstić information content (AvgIpc) is 0.918. The van der Waals surface area contributed by atoms with Gasteiger partial charge in [-0.25, -0.2) is 0 Å². The van der Waals surface area contributed by atoms with E-state index in [0.717, 1.165) is 0 Å². The van der Waals surface area contributed by atoms with Crippen LogP contribution in [0.3, 0.4) is 0 Å². The molecule has 0 aliphatic rings. The molecule has 0 saturated heterocycles.